The largest absolute Gasteiger partial charge is 0.487 e. The zero-order valence-corrected chi connectivity index (χ0v) is 26.1. The van der Waals surface area contributed by atoms with Crippen molar-refractivity contribution in [3.05, 3.63) is 112 Å². The molecular formula is C33H31Cl2N5O4. The summed E-state index contributed by atoms with van der Waals surface area (Å²) in [5, 5.41) is 1.03. The Hall–Kier alpha value is -4.18. The molecule has 11 heteroatoms. The topological polar surface area (TPSA) is 95.5 Å². The van der Waals surface area contributed by atoms with E-state index in [0.717, 1.165) is 40.2 Å². The molecule has 0 unspecified atom stereocenters. The third kappa shape index (κ3) is 6.96. The number of imidazole rings is 1. The van der Waals surface area contributed by atoms with Gasteiger partial charge in [0.05, 0.1) is 46.6 Å². The highest BCUT2D eigenvalue weighted by atomic mass is 35.5. The lowest BCUT2D eigenvalue weighted by molar-refractivity contribution is 0.00696. The average molecular weight is 633 g/mol. The van der Waals surface area contributed by atoms with Crippen LogP contribution in [0.2, 0.25) is 10.0 Å². The zero-order chi connectivity index (χ0) is 30.8. The van der Waals surface area contributed by atoms with Crippen LogP contribution in [-0.2, 0) is 24.4 Å². The number of halogens is 2. The summed E-state index contributed by atoms with van der Waals surface area (Å²) in [6.07, 6.45) is 7.08. The number of hydrogen-bond acceptors (Lipinski definition) is 8. The summed E-state index contributed by atoms with van der Waals surface area (Å²) >= 11 is 12.3. The molecule has 3 aromatic heterocycles. The van der Waals surface area contributed by atoms with Gasteiger partial charge in [-0.05, 0) is 80.4 Å². The van der Waals surface area contributed by atoms with E-state index >= 15 is 0 Å². The predicted octanol–water partition coefficient (Wildman–Crippen LogP) is 7.21. The Morgan fingerprint density at radius 1 is 1.07 bits per heavy atom. The first-order valence-electron chi connectivity index (χ1n) is 14.2. The standard InChI is InChI=1S/C33H31Cl2N5O4/c1-33(2,3)44-32(41)22-4-6-27-29(13-22)40(17-25-15-36-20-43-25)31(38-27)18-39-11-9-23(16-39)28-12-21(8-10-37-28)19-42-30-7-5-24(34)14-26(30)35/h4-10,12-15,20H,11,16-19H2,1-3H3. The third-order valence-electron chi connectivity index (χ3n) is 7.06. The van der Waals surface area contributed by atoms with Crippen LogP contribution in [0.3, 0.4) is 0 Å². The van der Waals surface area contributed by atoms with E-state index in [2.05, 4.69) is 25.5 Å². The van der Waals surface area contributed by atoms with Crippen LogP contribution in [0.25, 0.3) is 16.6 Å². The molecule has 0 amide bonds. The van der Waals surface area contributed by atoms with Crippen LogP contribution in [0.15, 0.2) is 77.8 Å². The number of nitrogens with zero attached hydrogens (tertiary/aromatic N) is 5. The third-order valence-corrected chi connectivity index (χ3v) is 7.59. The van der Waals surface area contributed by atoms with E-state index in [1.807, 2.05) is 45.0 Å². The fourth-order valence-corrected chi connectivity index (χ4v) is 5.48. The molecular weight excluding hydrogens is 601 g/mol. The summed E-state index contributed by atoms with van der Waals surface area (Å²) < 4.78 is 19.2. The van der Waals surface area contributed by atoms with Gasteiger partial charge in [0.1, 0.15) is 29.5 Å². The molecule has 0 fully saturated rings. The van der Waals surface area contributed by atoms with Crippen LogP contribution in [-0.4, -0.2) is 49.1 Å². The molecule has 0 bridgehead atoms. The Labute approximate surface area is 265 Å². The van der Waals surface area contributed by atoms with Crippen molar-refractivity contribution in [2.45, 2.75) is 46.1 Å². The Morgan fingerprint density at radius 2 is 1.93 bits per heavy atom. The van der Waals surface area contributed by atoms with Crippen LogP contribution in [0.1, 0.15) is 54.0 Å². The monoisotopic (exact) mass is 631 g/mol. The lowest BCUT2D eigenvalue weighted by Gasteiger charge is -2.19. The highest BCUT2D eigenvalue weighted by Gasteiger charge is 2.23. The van der Waals surface area contributed by atoms with Gasteiger partial charge >= 0.3 is 5.97 Å². The van der Waals surface area contributed by atoms with Gasteiger partial charge in [0.25, 0.3) is 0 Å². The van der Waals surface area contributed by atoms with E-state index in [0.29, 0.717) is 53.4 Å². The summed E-state index contributed by atoms with van der Waals surface area (Å²) in [4.78, 5) is 28.8. The second kappa shape index (κ2) is 12.4. The first-order valence-corrected chi connectivity index (χ1v) is 14.9. The molecule has 0 N–H and O–H groups in total. The van der Waals surface area contributed by atoms with Crippen molar-refractivity contribution in [1.82, 2.24) is 24.4 Å². The van der Waals surface area contributed by atoms with Gasteiger partial charge < -0.3 is 18.5 Å². The van der Waals surface area contributed by atoms with Crippen molar-refractivity contribution in [3.63, 3.8) is 0 Å². The van der Waals surface area contributed by atoms with E-state index in [9.17, 15) is 4.79 Å². The van der Waals surface area contributed by atoms with Gasteiger partial charge in [0.2, 0.25) is 0 Å². The molecule has 0 saturated heterocycles. The summed E-state index contributed by atoms with van der Waals surface area (Å²) in [6, 6.07) is 14.6. The van der Waals surface area contributed by atoms with E-state index in [1.165, 1.54) is 6.39 Å². The number of carbonyl (C=O) groups is 1. The van der Waals surface area contributed by atoms with Gasteiger partial charge in [-0.2, -0.15) is 0 Å². The minimum absolute atomic E-state index is 0.352. The maximum absolute atomic E-state index is 12.8. The first kappa shape index (κ1) is 29.9. The molecule has 0 radical (unpaired) electrons. The van der Waals surface area contributed by atoms with E-state index in [-0.39, 0.29) is 5.97 Å². The van der Waals surface area contributed by atoms with E-state index in [1.54, 1.807) is 36.7 Å². The number of oxazole rings is 1. The Morgan fingerprint density at radius 3 is 2.70 bits per heavy atom. The van der Waals surface area contributed by atoms with Crippen LogP contribution in [0.4, 0.5) is 0 Å². The maximum Gasteiger partial charge on any atom is 0.338 e. The molecule has 4 heterocycles. The number of hydrogen-bond donors (Lipinski definition) is 0. The fraction of sp³-hybridized carbons (Fsp3) is 0.273. The van der Waals surface area contributed by atoms with Gasteiger partial charge in [-0.1, -0.05) is 29.3 Å². The molecule has 1 aliphatic heterocycles. The van der Waals surface area contributed by atoms with Gasteiger partial charge in [0, 0.05) is 24.3 Å². The molecule has 5 aromatic rings. The van der Waals surface area contributed by atoms with Crippen LogP contribution in [0, 0.1) is 0 Å². The first-order chi connectivity index (χ1) is 21.1. The molecule has 0 aliphatic carbocycles. The summed E-state index contributed by atoms with van der Waals surface area (Å²) in [5.41, 5.74) is 4.49. The average Bonchev–Trinajstić information content (AvgIpc) is 3.73. The van der Waals surface area contributed by atoms with Gasteiger partial charge in [0.15, 0.2) is 6.39 Å². The molecule has 44 heavy (non-hydrogen) atoms. The Kier molecular flexibility index (Phi) is 8.44. The maximum atomic E-state index is 12.8. The highest BCUT2D eigenvalue weighted by Crippen LogP contribution is 2.29. The summed E-state index contributed by atoms with van der Waals surface area (Å²) in [5.74, 6) is 1.74. The van der Waals surface area contributed by atoms with E-state index in [4.69, 9.17) is 42.1 Å². The molecule has 226 valence electrons. The van der Waals surface area contributed by atoms with Crippen molar-refractivity contribution in [3.8, 4) is 5.75 Å². The number of ether oxygens (including phenoxy) is 2. The van der Waals surface area contributed by atoms with Gasteiger partial charge in [-0.15, -0.1) is 0 Å². The lowest BCUT2D eigenvalue weighted by atomic mass is 10.1. The van der Waals surface area contributed by atoms with Crippen molar-refractivity contribution < 1.29 is 18.7 Å². The number of fused-ring (bicyclic) bond motifs is 1. The van der Waals surface area contributed by atoms with Crippen LogP contribution in [0.5, 0.6) is 5.75 Å². The zero-order valence-electron chi connectivity index (χ0n) is 24.6. The minimum atomic E-state index is -0.594. The number of benzene rings is 2. The Balaban J connectivity index is 1.18. The lowest BCUT2D eigenvalue weighted by Crippen LogP contribution is -2.24. The number of pyridine rings is 1. The predicted molar refractivity (Wildman–Crippen MR) is 169 cm³/mol. The van der Waals surface area contributed by atoms with Crippen molar-refractivity contribution in [2.75, 3.05) is 13.1 Å². The highest BCUT2D eigenvalue weighted by molar-refractivity contribution is 6.35. The molecule has 6 rings (SSSR count). The second-order valence-electron chi connectivity index (χ2n) is 11.6. The molecule has 2 aromatic carbocycles. The summed E-state index contributed by atoms with van der Waals surface area (Å²) in [7, 11) is 0. The quantitative estimate of drug-likeness (QED) is 0.157. The molecule has 0 spiro atoms. The molecule has 0 atom stereocenters. The van der Waals surface area contributed by atoms with Crippen molar-refractivity contribution in [2.24, 2.45) is 0 Å². The second-order valence-corrected chi connectivity index (χ2v) is 12.4. The Bertz CT molecular complexity index is 1840. The minimum Gasteiger partial charge on any atom is -0.487 e. The van der Waals surface area contributed by atoms with Gasteiger partial charge in [-0.25, -0.2) is 14.8 Å². The molecule has 9 nitrogen and oxygen atoms in total. The van der Waals surface area contributed by atoms with Crippen LogP contribution >= 0.6 is 23.2 Å². The van der Waals surface area contributed by atoms with Crippen molar-refractivity contribution >= 4 is 45.8 Å². The van der Waals surface area contributed by atoms with E-state index < -0.39 is 5.60 Å². The smallest absolute Gasteiger partial charge is 0.338 e. The normalized spacial score (nSPS) is 13.8. The number of carbonyl (C=O) groups excluding carboxylic acids is 1. The number of esters is 1. The van der Waals surface area contributed by atoms with Crippen molar-refractivity contribution in [1.29, 1.82) is 0 Å². The molecule has 0 saturated carbocycles. The van der Waals surface area contributed by atoms with Gasteiger partial charge in [-0.3, -0.25) is 9.88 Å². The molecule has 1 aliphatic rings. The van der Waals surface area contributed by atoms with Crippen LogP contribution < -0.4 is 4.74 Å². The number of aromatic nitrogens is 4. The fourth-order valence-electron chi connectivity index (χ4n) is 5.02. The summed E-state index contributed by atoms with van der Waals surface area (Å²) in [6.45, 7) is 8.37. The number of rotatable bonds is 9. The SMILES string of the molecule is CC(C)(C)OC(=O)c1ccc2nc(CN3CC=C(c4cc(COc5ccc(Cl)cc5Cl)ccn4)C3)n(Cc3cnco3)c2c1.